The zero-order valence-electron chi connectivity index (χ0n) is 10.6. The summed E-state index contributed by atoms with van der Waals surface area (Å²) in [6.07, 6.45) is 13.7. The summed E-state index contributed by atoms with van der Waals surface area (Å²) in [5.41, 5.74) is 8.83. The van der Waals surface area contributed by atoms with Crippen LogP contribution in [0.25, 0.3) is 0 Å². The van der Waals surface area contributed by atoms with E-state index in [0.717, 1.165) is 5.92 Å². The van der Waals surface area contributed by atoms with Gasteiger partial charge in [0.15, 0.2) is 0 Å². The van der Waals surface area contributed by atoms with Crippen LogP contribution >= 0.6 is 0 Å². The predicted octanol–water partition coefficient (Wildman–Crippen LogP) is 3.54. The van der Waals surface area contributed by atoms with Gasteiger partial charge in [0.1, 0.15) is 0 Å². The lowest BCUT2D eigenvalue weighted by molar-refractivity contribution is 0.292. The van der Waals surface area contributed by atoms with E-state index in [1.54, 1.807) is 11.1 Å². The average molecular weight is 230 g/mol. The van der Waals surface area contributed by atoms with E-state index in [-0.39, 0.29) is 0 Å². The van der Waals surface area contributed by atoms with Crippen LogP contribution in [0.1, 0.15) is 64.2 Å². The van der Waals surface area contributed by atoms with Gasteiger partial charge in [-0.1, -0.05) is 18.4 Å². The molecule has 17 heavy (non-hydrogen) atoms. The molecule has 2 heteroatoms. The highest BCUT2D eigenvalue weighted by Crippen LogP contribution is 2.48. The first kappa shape index (κ1) is 10.2. The van der Waals surface area contributed by atoms with Crippen LogP contribution in [0.5, 0.6) is 0 Å². The minimum atomic E-state index is 0.385. The Morgan fingerprint density at radius 2 is 1.76 bits per heavy atom. The number of nitrogens with zero attached hydrogens (tertiary/aromatic N) is 1. The molecule has 3 fully saturated rings. The van der Waals surface area contributed by atoms with Crippen molar-refractivity contribution in [3.63, 3.8) is 0 Å². The van der Waals surface area contributed by atoms with E-state index in [9.17, 15) is 0 Å². The van der Waals surface area contributed by atoms with Crippen LogP contribution in [0.15, 0.2) is 16.2 Å². The molecule has 1 aliphatic heterocycles. The van der Waals surface area contributed by atoms with E-state index < -0.39 is 0 Å². The number of rotatable bonds is 0. The Morgan fingerprint density at radius 3 is 2.53 bits per heavy atom. The molecule has 1 unspecified atom stereocenters. The second-order valence-electron chi connectivity index (χ2n) is 6.35. The molecule has 0 aromatic heterocycles. The third-order valence-corrected chi connectivity index (χ3v) is 5.52. The van der Waals surface area contributed by atoms with Gasteiger partial charge in [-0.25, -0.2) is 0 Å². The van der Waals surface area contributed by atoms with Gasteiger partial charge < -0.3 is 5.43 Å². The molecule has 1 atom stereocenters. The fourth-order valence-corrected chi connectivity index (χ4v) is 4.62. The number of hydrogen-bond acceptors (Lipinski definition) is 2. The highest BCUT2D eigenvalue weighted by Gasteiger charge is 2.50. The summed E-state index contributed by atoms with van der Waals surface area (Å²) < 4.78 is 0. The number of hydrazone groups is 1. The summed E-state index contributed by atoms with van der Waals surface area (Å²) in [5.74, 6) is 0.758. The molecule has 1 spiro atoms. The van der Waals surface area contributed by atoms with Crippen LogP contribution in [0.2, 0.25) is 0 Å². The molecule has 3 saturated carbocycles. The summed E-state index contributed by atoms with van der Waals surface area (Å²) in [5, 5.41) is 4.77. The van der Waals surface area contributed by atoms with Gasteiger partial charge in [0, 0.05) is 5.92 Å². The van der Waals surface area contributed by atoms with Crippen LogP contribution in [0.4, 0.5) is 0 Å². The Bertz CT molecular complexity index is 391. The third kappa shape index (κ3) is 1.36. The van der Waals surface area contributed by atoms with E-state index in [1.807, 2.05) is 0 Å². The van der Waals surface area contributed by atoms with Crippen LogP contribution < -0.4 is 5.43 Å². The Balaban J connectivity index is 1.67. The molecule has 1 heterocycles. The number of hydrogen-bond donors (Lipinski definition) is 1. The van der Waals surface area contributed by atoms with Gasteiger partial charge in [-0.05, 0) is 56.9 Å². The lowest BCUT2D eigenvalue weighted by Gasteiger charge is -2.28. The lowest BCUT2D eigenvalue weighted by atomic mass is 9.81. The van der Waals surface area contributed by atoms with Crippen molar-refractivity contribution in [1.29, 1.82) is 0 Å². The van der Waals surface area contributed by atoms with Crippen molar-refractivity contribution in [2.24, 2.45) is 11.0 Å². The van der Waals surface area contributed by atoms with Crippen molar-refractivity contribution in [2.75, 3.05) is 0 Å². The first-order valence-electron chi connectivity index (χ1n) is 7.45. The molecule has 0 radical (unpaired) electrons. The molecule has 2 nitrogen and oxygen atoms in total. The van der Waals surface area contributed by atoms with Crippen molar-refractivity contribution in [3.05, 3.63) is 11.1 Å². The number of nitrogens with one attached hydrogen (secondary N) is 1. The summed E-state index contributed by atoms with van der Waals surface area (Å²) >= 11 is 0. The minimum Gasteiger partial charge on any atom is -0.303 e. The standard InChI is InChI=1S/C15H22N2/c1-2-6-11(5-1)12-7-8-13-14(12)16-17-15(13)9-3-4-10-15/h13,17H,1-10H2. The Morgan fingerprint density at radius 1 is 1.00 bits per heavy atom. The van der Waals surface area contributed by atoms with Gasteiger partial charge in [-0.2, -0.15) is 5.10 Å². The van der Waals surface area contributed by atoms with Crippen LogP contribution in [0, 0.1) is 5.92 Å². The fraction of sp³-hybridized carbons (Fsp3) is 0.800. The lowest BCUT2D eigenvalue weighted by Crippen LogP contribution is -2.42. The average Bonchev–Trinajstić information content (AvgIpc) is 3.09. The van der Waals surface area contributed by atoms with Crippen molar-refractivity contribution in [1.82, 2.24) is 5.43 Å². The largest absolute Gasteiger partial charge is 0.303 e. The van der Waals surface area contributed by atoms with Crippen molar-refractivity contribution < 1.29 is 0 Å². The molecular formula is C15H22N2. The van der Waals surface area contributed by atoms with Crippen LogP contribution in [-0.4, -0.2) is 11.3 Å². The first-order chi connectivity index (χ1) is 8.39. The maximum absolute atomic E-state index is 4.77. The molecule has 3 aliphatic carbocycles. The summed E-state index contributed by atoms with van der Waals surface area (Å²) in [7, 11) is 0. The molecule has 0 saturated heterocycles. The maximum atomic E-state index is 4.77. The summed E-state index contributed by atoms with van der Waals surface area (Å²) in [6.45, 7) is 0. The molecule has 0 aromatic carbocycles. The molecular weight excluding hydrogens is 208 g/mol. The van der Waals surface area contributed by atoms with Gasteiger partial charge in [-0.15, -0.1) is 0 Å². The minimum absolute atomic E-state index is 0.385. The number of allylic oxidation sites excluding steroid dienone is 2. The van der Waals surface area contributed by atoms with Gasteiger partial charge >= 0.3 is 0 Å². The van der Waals surface area contributed by atoms with E-state index in [2.05, 4.69) is 5.43 Å². The molecule has 0 amide bonds. The zero-order chi connectivity index (χ0) is 11.3. The first-order valence-corrected chi connectivity index (χ1v) is 7.45. The third-order valence-electron chi connectivity index (χ3n) is 5.52. The van der Waals surface area contributed by atoms with Crippen LogP contribution in [0.3, 0.4) is 0 Å². The highest BCUT2D eigenvalue weighted by atomic mass is 15.4. The van der Waals surface area contributed by atoms with E-state index >= 15 is 0 Å². The maximum Gasteiger partial charge on any atom is 0.0689 e. The Kier molecular flexibility index (Phi) is 2.15. The smallest absolute Gasteiger partial charge is 0.0689 e. The summed E-state index contributed by atoms with van der Waals surface area (Å²) in [4.78, 5) is 0. The van der Waals surface area contributed by atoms with Gasteiger partial charge in [-0.3, -0.25) is 0 Å². The predicted molar refractivity (Wildman–Crippen MR) is 70.0 cm³/mol. The molecule has 0 aromatic rings. The second-order valence-corrected chi connectivity index (χ2v) is 6.35. The van der Waals surface area contributed by atoms with Crippen LogP contribution in [-0.2, 0) is 0 Å². The van der Waals surface area contributed by atoms with Gasteiger partial charge in [0.2, 0.25) is 0 Å². The quantitative estimate of drug-likeness (QED) is 0.676. The summed E-state index contributed by atoms with van der Waals surface area (Å²) in [6, 6.07) is 0. The van der Waals surface area contributed by atoms with Crippen molar-refractivity contribution in [2.45, 2.75) is 69.7 Å². The molecule has 0 bridgehead atoms. The molecule has 4 rings (SSSR count). The highest BCUT2D eigenvalue weighted by molar-refractivity contribution is 6.06. The van der Waals surface area contributed by atoms with Crippen molar-refractivity contribution in [3.8, 4) is 0 Å². The van der Waals surface area contributed by atoms with E-state index in [4.69, 9.17) is 5.10 Å². The van der Waals surface area contributed by atoms with Crippen molar-refractivity contribution >= 4 is 5.71 Å². The van der Waals surface area contributed by atoms with Gasteiger partial charge in [0.05, 0.1) is 11.3 Å². The monoisotopic (exact) mass is 230 g/mol. The van der Waals surface area contributed by atoms with Gasteiger partial charge in [0.25, 0.3) is 0 Å². The molecule has 4 aliphatic rings. The molecule has 1 N–H and O–H groups in total. The zero-order valence-corrected chi connectivity index (χ0v) is 10.6. The normalized spacial score (nSPS) is 34.4. The number of fused-ring (bicyclic) bond motifs is 2. The second kappa shape index (κ2) is 3.60. The van der Waals surface area contributed by atoms with E-state index in [1.165, 1.54) is 69.9 Å². The SMILES string of the molecule is C1CCC(=C2CCC3C2=NNC32CCCC2)C1. The topological polar surface area (TPSA) is 24.4 Å². The van der Waals surface area contributed by atoms with E-state index in [0.29, 0.717) is 5.54 Å². The fourth-order valence-electron chi connectivity index (χ4n) is 4.62. The molecule has 92 valence electrons. The Labute approximate surface area is 104 Å². The Hall–Kier alpha value is -0.790.